The lowest BCUT2D eigenvalue weighted by atomic mass is 10.0. The molecule has 4 nitrogen and oxygen atoms in total. The molecule has 20 heavy (non-hydrogen) atoms. The molecule has 2 N–H and O–H groups in total. The molecule has 0 radical (unpaired) electrons. The van der Waals surface area contributed by atoms with Gasteiger partial charge in [0.1, 0.15) is 5.75 Å². The summed E-state index contributed by atoms with van der Waals surface area (Å²) < 4.78 is 0. The van der Waals surface area contributed by atoms with Crippen LogP contribution < -0.4 is 5.32 Å². The van der Waals surface area contributed by atoms with Crippen LogP contribution in [0.15, 0.2) is 18.2 Å². The van der Waals surface area contributed by atoms with Crippen LogP contribution >= 0.6 is 0 Å². The summed E-state index contributed by atoms with van der Waals surface area (Å²) >= 11 is 0. The molecule has 0 aliphatic carbocycles. The minimum Gasteiger partial charge on any atom is -0.508 e. The molecule has 2 rings (SSSR count). The molecule has 1 aliphatic heterocycles. The fourth-order valence-electron chi connectivity index (χ4n) is 2.78. The summed E-state index contributed by atoms with van der Waals surface area (Å²) in [5.41, 5.74) is 1.46. The van der Waals surface area contributed by atoms with E-state index in [9.17, 15) is 9.90 Å². The lowest BCUT2D eigenvalue weighted by molar-refractivity contribution is 0.0910. The van der Waals surface area contributed by atoms with Crippen molar-refractivity contribution in [3.8, 4) is 5.75 Å². The van der Waals surface area contributed by atoms with Crippen LogP contribution in [-0.4, -0.2) is 41.6 Å². The van der Waals surface area contributed by atoms with Crippen LogP contribution in [0.25, 0.3) is 0 Å². The van der Waals surface area contributed by atoms with Crippen LogP contribution in [0.2, 0.25) is 0 Å². The maximum Gasteiger partial charge on any atom is 0.251 e. The number of rotatable bonds is 4. The van der Waals surface area contributed by atoms with Crippen molar-refractivity contribution in [1.82, 2.24) is 10.2 Å². The summed E-state index contributed by atoms with van der Waals surface area (Å²) in [6.45, 7) is 7.32. The van der Waals surface area contributed by atoms with Gasteiger partial charge >= 0.3 is 0 Å². The number of hydrogen-bond acceptors (Lipinski definition) is 3. The predicted molar refractivity (Wildman–Crippen MR) is 80.1 cm³/mol. The van der Waals surface area contributed by atoms with E-state index in [4.69, 9.17) is 0 Å². The first-order chi connectivity index (χ1) is 9.60. The zero-order valence-corrected chi connectivity index (χ0v) is 12.4. The van der Waals surface area contributed by atoms with Gasteiger partial charge in [0.25, 0.3) is 5.91 Å². The van der Waals surface area contributed by atoms with Crippen molar-refractivity contribution in [3.05, 3.63) is 29.3 Å². The molecule has 0 aromatic heterocycles. The van der Waals surface area contributed by atoms with E-state index in [-0.39, 0.29) is 17.7 Å². The van der Waals surface area contributed by atoms with Gasteiger partial charge in [0.05, 0.1) is 0 Å². The number of aryl methyl sites for hydroxylation is 1. The number of phenols is 1. The predicted octanol–water partition coefficient (Wildman–Crippen LogP) is 2.30. The SMILES string of the molecule is CCCN1CCC(NC(=O)c2ccc(O)cc2C)CC1. The summed E-state index contributed by atoms with van der Waals surface area (Å²) in [5.74, 6) is 0.170. The van der Waals surface area contributed by atoms with Crippen molar-refractivity contribution in [1.29, 1.82) is 0 Å². The van der Waals surface area contributed by atoms with Crippen LogP contribution in [0.3, 0.4) is 0 Å². The Morgan fingerprint density at radius 1 is 1.40 bits per heavy atom. The molecule has 0 atom stereocenters. The van der Waals surface area contributed by atoms with Gasteiger partial charge < -0.3 is 15.3 Å². The van der Waals surface area contributed by atoms with Gasteiger partial charge in [-0.25, -0.2) is 0 Å². The average molecular weight is 276 g/mol. The molecule has 0 bridgehead atoms. The zero-order chi connectivity index (χ0) is 14.5. The third kappa shape index (κ3) is 3.73. The molecule has 1 fully saturated rings. The fraction of sp³-hybridized carbons (Fsp3) is 0.562. The summed E-state index contributed by atoms with van der Waals surface area (Å²) in [4.78, 5) is 14.7. The first kappa shape index (κ1) is 14.9. The quantitative estimate of drug-likeness (QED) is 0.887. The van der Waals surface area contributed by atoms with E-state index in [1.54, 1.807) is 18.2 Å². The van der Waals surface area contributed by atoms with E-state index in [1.165, 1.54) is 6.42 Å². The van der Waals surface area contributed by atoms with Gasteiger partial charge in [-0.05, 0) is 56.5 Å². The number of hydrogen-bond donors (Lipinski definition) is 2. The van der Waals surface area contributed by atoms with Crippen LogP contribution in [0.4, 0.5) is 0 Å². The number of aromatic hydroxyl groups is 1. The Hall–Kier alpha value is -1.55. The largest absolute Gasteiger partial charge is 0.508 e. The van der Waals surface area contributed by atoms with Gasteiger partial charge in [0, 0.05) is 24.7 Å². The Morgan fingerprint density at radius 2 is 2.10 bits per heavy atom. The summed E-state index contributed by atoms with van der Waals surface area (Å²) in [6.07, 6.45) is 3.22. The fourth-order valence-corrected chi connectivity index (χ4v) is 2.78. The lowest BCUT2D eigenvalue weighted by Crippen LogP contribution is -2.44. The van der Waals surface area contributed by atoms with Gasteiger partial charge in [0.2, 0.25) is 0 Å². The average Bonchev–Trinajstić information content (AvgIpc) is 2.41. The van der Waals surface area contributed by atoms with E-state index in [0.717, 1.165) is 38.0 Å². The van der Waals surface area contributed by atoms with Gasteiger partial charge in [-0.3, -0.25) is 4.79 Å². The van der Waals surface area contributed by atoms with E-state index < -0.39 is 0 Å². The zero-order valence-electron chi connectivity index (χ0n) is 12.4. The normalized spacial score (nSPS) is 17.1. The number of carbonyl (C=O) groups is 1. The molecule has 0 saturated carbocycles. The standard InChI is InChI=1S/C16H24N2O2/c1-3-8-18-9-6-13(7-10-18)17-16(20)15-5-4-14(19)11-12(15)2/h4-5,11,13,19H,3,6-10H2,1-2H3,(H,17,20). The molecule has 1 saturated heterocycles. The van der Waals surface area contributed by atoms with Crippen LogP contribution in [0.5, 0.6) is 5.75 Å². The van der Waals surface area contributed by atoms with Gasteiger partial charge in [-0.2, -0.15) is 0 Å². The van der Waals surface area contributed by atoms with Crippen molar-refractivity contribution in [2.45, 2.75) is 39.2 Å². The molecule has 0 spiro atoms. The molecule has 4 heteroatoms. The number of phenolic OH excluding ortho intramolecular Hbond substituents is 1. The number of nitrogens with zero attached hydrogens (tertiary/aromatic N) is 1. The molecular formula is C16H24N2O2. The van der Waals surface area contributed by atoms with Crippen LogP contribution in [0, 0.1) is 6.92 Å². The lowest BCUT2D eigenvalue weighted by Gasteiger charge is -2.32. The highest BCUT2D eigenvalue weighted by atomic mass is 16.3. The first-order valence-corrected chi connectivity index (χ1v) is 7.43. The Balaban J connectivity index is 1.89. The number of piperidine rings is 1. The van der Waals surface area contributed by atoms with Gasteiger partial charge in [0.15, 0.2) is 0 Å². The van der Waals surface area contributed by atoms with E-state index in [1.807, 2.05) is 6.92 Å². The smallest absolute Gasteiger partial charge is 0.251 e. The van der Waals surface area contributed by atoms with Gasteiger partial charge in [-0.1, -0.05) is 6.92 Å². The molecule has 1 aliphatic rings. The minimum absolute atomic E-state index is 0.0311. The molecular weight excluding hydrogens is 252 g/mol. The number of amides is 1. The van der Waals surface area contributed by atoms with Crippen molar-refractivity contribution in [3.63, 3.8) is 0 Å². The van der Waals surface area contributed by atoms with Crippen LogP contribution in [-0.2, 0) is 0 Å². The Kier molecular flexibility index (Phi) is 5.01. The minimum atomic E-state index is -0.0311. The van der Waals surface area contributed by atoms with Gasteiger partial charge in [-0.15, -0.1) is 0 Å². The second-order valence-electron chi connectivity index (χ2n) is 5.59. The number of benzene rings is 1. The highest BCUT2D eigenvalue weighted by Crippen LogP contribution is 2.17. The second kappa shape index (κ2) is 6.75. The maximum absolute atomic E-state index is 12.2. The van der Waals surface area contributed by atoms with E-state index >= 15 is 0 Å². The summed E-state index contributed by atoms with van der Waals surface area (Å²) in [7, 11) is 0. The number of likely N-dealkylation sites (tertiary alicyclic amines) is 1. The summed E-state index contributed by atoms with van der Waals surface area (Å²) in [5, 5.41) is 12.5. The van der Waals surface area contributed by atoms with Crippen molar-refractivity contribution < 1.29 is 9.90 Å². The maximum atomic E-state index is 12.2. The monoisotopic (exact) mass is 276 g/mol. The number of nitrogens with one attached hydrogen (secondary N) is 1. The van der Waals surface area contributed by atoms with Crippen molar-refractivity contribution in [2.75, 3.05) is 19.6 Å². The number of carbonyl (C=O) groups excluding carboxylic acids is 1. The second-order valence-corrected chi connectivity index (χ2v) is 5.59. The van der Waals surface area contributed by atoms with Crippen molar-refractivity contribution in [2.24, 2.45) is 0 Å². The third-order valence-corrected chi connectivity index (χ3v) is 3.92. The topological polar surface area (TPSA) is 52.6 Å². The third-order valence-electron chi connectivity index (χ3n) is 3.92. The summed E-state index contributed by atoms with van der Waals surface area (Å²) in [6, 6.07) is 5.14. The highest BCUT2D eigenvalue weighted by molar-refractivity contribution is 5.95. The highest BCUT2D eigenvalue weighted by Gasteiger charge is 2.21. The molecule has 1 heterocycles. The van der Waals surface area contributed by atoms with E-state index in [0.29, 0.717) is 5.56 Å². The van der Waals surface area contributed by atoms with E-state index in [2.05, 4.69) is 17.1 Å². The molecule has 1 aromatic carbocycles. The van der Waals surface area contributed by atoms with Crippen LogP contribution in [0.1, 0.15) is 42.1 Å². The first-order valence-electron chi connectivity index (χ1n) is 7.43. The van der Waals surface area contributed by atoms with Crippen molar-refractivity contribution >= 4 is 5.91 Å². The Labute approximate surface area is 120 Å². The Bertz CT molecular complexity index is 466. The Morgan fingerprint density at radius 3 is 2.70 bits per heavy atom. The molecule has 1 aromatic rings. The molecule has 0 unspecified atom stereocenters. The molecule has 110 valence electrons. The molecule has 1 amide bonds.